The first-order valence-electron chi connectivity index (χ1n) is 5.89. The Hall–Kier alpha value is -1.30. The van der Waals surface area contributed by atoms with Gasteiger partial charge in [-0.15, -0.1) is 0 Å². The van der Waals surface area contributed by atoms with Gasteiger partial charge in [-0.3, -0.25) is 0 Å². The van der Waals surface area contributed by atoms with Gasteiger partial charge in [0.25, 0.3) is 0 Å². The Bertz CT molecular complexity index is 274. The van der Waals surface area contributed by atoms with Gasteiger partial charge in [0, 0.05) is 0 Å². The van der Waals surface area contributed by atoms with Crippen molar-refractivity contribution in [3.63, 3.8) is 0 Å². The Labute approximate surface area is 98.1 Å². The van der Waals surface area contributed by atoms with Crippen molar-refractivity contribution in [2.75, 3.05) is 6.61 Å². The molecule has 0 radical (unpaired) electrons. The fourth-order valence-electron chi connectivity index (χ4n) is 1.14. The topological polar surface area (TPSA) is 50.1 Å². The highest BCUT2D eigenvalue weighted by atomic mass is 16.5. The molecular weight excluding hydrogens is 202 g/mol. The van der Waals surface area contributed by atoms with Gasteiger partial charge in [-0.25, -0.2) is 4.79 Å². The number of carbonyl (C=O) groups is 1. The molecule has 0 heterocycles. The van der Waals surface area contributed by atoms with Gasteiger partial charge in [0.2, 0.25) is 0 Å². The second kappa shape index (κ2) is 8.96. The third kappa shape index (κ3) is 7.05. The maximum Gasteiger partial charge on any atom is 0.348 e. The smallest absolute Gasteiger partial charge is 0.348 e. The predicted octanol–water partition coefficient (Wildman–Crippen LogP) is 3.22. The number of nitrogens with zero attached hydrogens (tertiary/aromatic N) is 1. The molecule has 0 amide bonds. The lowest BCUT2D eigenvalue weighted by Gasteiger charge is -2.05. The maximum absolute atomic E-state index is 11.4. The summed E-state index contributed by atoms with van der Waals surface area (Å²) in [5, 5.41) is 8.80. The molecule has 3 nitrogen and oxygen atoms in total. The summed E-state index contributed by atoms with van der Waals surface area (Å²) in [7, 11) is 0. The molecule has 0 atom stereocenters. The number of rotatable bonds is 7. The molecular formula is C13H21NO2. The second-order valence-electron chi connectivity index (χ2n) is 4.22. The molecule has 0 saturated carbocycles. The van der Waals surface area contributed by atoms with Gasteiger partial charge in [-0.2, -0.15) is 5.26 Å². The van der Waals surface area contributed by atoms with Crippen LogP contribution in [0.15, 0.2) is 11.6 Å². The quantitative estimate of drug-likeness (QED) is 0.288. The van der Waals surface area contributed by atoms with E-state index in [-0.39, 0.29) is 5.57 Å². The zero-order valence-corrected chi connectivity index (χ0v) is 10.5. The van der Waals surface area contributed by atoms with Crippen LogP contribution in [-0.2, 0) is 9.53 Å². The Morgan fingerprint density at radius 2 is 2.12 bits per heavy atom. The van der Waals surface area contributed by atoms with Crippen LogP contribution in [0.2, 0.25) is 0 Å². The lowest BCUT2D eigenvalue weighted by atomic mass is 10.1. The van der Waals surface area contributed by atoms with Crippen molar-refractivity contribution < 1.29 is 9.53 Å². The molecule has 90 valence electrons. The molecule has 0 aliphatic rings. The van der Waals surface area contributed by atoms with Crippen LogP contribution >= 0.6 is 0 Å². The maximum atomic E-state index is 11.4. The van der Waals surface area contributed by atoms with E-state index >= 15 is 0 Å². The molecule has 0 N–H and O–H groups in total. The van der Waals surface area contributed by atoms with E-state index in [1.807, 2.05) is 19.9 Å². The summed E-state index contributed by atoms with van der Waals surface area (Å²) in [6, 6.07) is 1.89. The van der Waals surface area contributed by atoms with Crippen LogP contribution < -0.4 is 0 Å². The highest BCUT2D eigenvalue weighted by Crippen LogP contribution is 2.05. The fraction of sp³-hybridized carbons (Fsp3) is 0.692. The van der Waals surface area contributed by atoms with Gasteiger partial charge < -0.3 is 4.74 Å². The molecule has 0 unspecified atom stereocenters. The highest BCUT2D eigenvalue weighted by Gasteiger charge is 2.10. The van der Waals surface area contributed by atoms with Crippen LogP contribution in [0.3, 0.4) is 0 Å². The second-order valence-corrected chi connectivity index (χ2v) is 4.22. The third-order valence-electron chi connectivity index (χ3n) is 2.04. The summed E-state index contributed by atoms with van der Waals surface area (Å²) in [4.78, 5) is 11.4. The number of nitriles is 1. The first-order valence-corrected chi connectivity index (χ1v) is 5.89. The molecule has 0 spiro atoms. The Morgan fingerprint density at radius 1 is 1.44 bits per heavy atom. The normalized spacial score (nSPS) is 11.3. The molecule has 0 aromatic heterocycles. The van der Waals surface area contributed by atoms with E-state index in [0.717, 1.165) is 25.7 Å². The lowest BCUT2D eigenvalue weighted by molar-refractivity contribution is -0.139. The van der Waals surface area contributed by atoms with Crippen LogP contribution in [0, 0.1) is 17.2 Å². The van der Waals surface area contributed by atoms with Crippen molar-refractivity contribution >= 4 is 5.97 Å². The number of esters is 1. The van der Waals surface area contributed by atoms with Crippen LogP contribution in [0.4, 0.5) is 0 Å². The number of hydrogen-bond donors (Lipinski definition) is 0. The van der Waals surface area contributed by atoms with Crippen LogP contribution in [0.1, 0.15) is 46.5 Å². The van der Waals surface area contributed by atoms with Crippen LogP contribution in [-0.4, -0.2) is 12.6 Å². The van der Waals surface area contributed by atoms with Crippen LogP contribution in [0.5, 0.6) is 0 Å². The van der Waals surface area contributed by atoms with Crippen molar-refractivity contribution in [1.82, 2.24) is 0 Å². The van der Waals surface area contributed by atoms with Crippen molar-refractivity contribution in [2.24, 2.45) is 5.92 Å². The zero-order valence-electron chi connectivity index (χ0n) is 10.5. The van der Waals surface area contributed by atoms with E-state index in [1.54, 1.807) is 6.08 Å². The first-order chi connectivity index (χ1) is 7.61. The summed E-state index contributed by atoms with van der Waals surface area (Å²) in [5.41, 5.74) is 0.136. The SMILES string of the molecule is CCCCC/C=C(\C#N)C(=O)OCC(C)C. The average molecular weight is 223 g/mol. The standard InChI is InChI=1S/C13H21NO2/c1-4-5-6-7-8-12(9-14)13(15)16-10-11(2)3/h8,11H,4-7,10H2,1-3H3/b12-8+. The van der Waals surface area contributed by atoms with Gasteiger partial charge in [-0.1, -0.05) is 39.7 Å². The molecule has 0 bridgehead atoms. The molecule has 0 saturated heterocycles. The van der Waals surface area contributed by atoms with E-state index in [2.05, 4.69) is 6.92 Å². The zero-order chi connectivity index (χ0) is 12.4. The Morgan fingerprint density at radius 3 is 2.62 bits per heavy atom. The summed E-state index contributed by atoms with van der Waals surface area (Å²) in [5.74, 6) is -0.198. The van der Waals surface area contributed by atoms with E-state index in [4.69, 9.17) is 10.00 Å². The summed E-state index contributed by atoms with van der Waals surface area (Å²) >= 11 is 0. The largest absolute Gasteiger partial charge is 0.461 e. The molecule has 16 heavy (non-hydrogen) atoms. The summed E-state index contributed by atoms with van der Waals surface area (Å²) in [6.07, 6.45) is 5.72. The van der Waals surface area contributed by atoms with Crippen molar-refractivity contribution in [3.05, 3.63) is 11.6 Å². The van der Waals surface area contributed by atoms with Crippen LogP contribution in [0.25, 0.3) is 0 Å². The van der Waals surface area contributed by atoms with Gasteiger partial charge >= 0.3 is 5.97 Å². The molecule has 0 rings (SSSR count). The highest BCUT2D eigenvalue weighted by molar-refractivity contribution is 5.92. The minimum Gasteiger partial charge on any atom is -0.461 e. The Kier molecular flexibility index (Phi) is 8.24. The van der Waals surface area contributed by atoms with E-state index in [0.29, 0.717) is 12.5 Å². The molecule has 0 aliphatic carbocycles. The lowest BCUT2D eigenvalue weighted by Crippen LogP contribution is -2.11. The number of unbranched alkanes of at least 4 members (excludes halogenated alkanes) is 3. The van der Waals surface area contributed by atoms with E-state index in [9.17, 15) is 4.79 Å². The first kappa shape index (κ1) is 14.7. The van der Waals surface area contributed by atoms with Gasteiger partial charge in [0.1, 0.15) is 11.6 Å². The van der Waals surface area contributed by atoms with Gasteiger partial charge in [-0.05, 0) is 18.8 Å². The summed E-state index contributed by atoms with van der Waals surface area (Å²) in [6.45, 7) is 6.41. The minimum atomic E-state index is -0.493. The number of allylic oxidation sites excluding steroid dienone is 1. The summed E-state index contributed by atoms with van der Waals surface area (Å²) < 4.78 is 4.98. The fourth-order valence-corrected chi connectivity index (χ4v) is 1.14. The molecule has 0 aliphatic heterocycles. The van der Waals surface area contributed by atoms with Gasteiger partial charge in [0.15, 0.2) is 0 Å². The van der Waals surface area contributed by atoms with Crippen molar-refractivity contribution in [2.45, 2.75) is 46.5 Å². The van der Waals surface area contributed by atoms with E-state index in [1.165, 1.54) is 0 Å². The Balaban J connectivity index is 4.06. The number of hydrogen-bond acceptors (Lipinski definition) is 3. The third-order valence-corrected chi connectivity index (χ3v) is 2.04. The minimum absolute atomic E-state index is 0.136. The monoisotopic (exact) mass is 223 g/mol. The van der Waals surface area contributed by atoms with E-state index < -0.39 is 5.97 Å². The predicted molar refractivity (Wildman–Crippen MR) is 63.6 cm³/mol. The molecule has 0 aromatic rings. The van der Waals surface area contributed by atoms with Crippen molar-refractivity contribution in [1.29, 1.82) is 5.26 Å². The number of carbonyl (C=O) groups excluding carboxylic acids is 1. The average Bonchev–Trinajstić information content (AvgIpc) is 2.26. The van der Waals surface area contributed by atoms with Gasteiger partial charge in [0.05, 0.1) is 6.61 Å². The molecule has 0 fully saturated rings. The molecule has 0 aromatic carbocycles. The van der Waals surface area contributed by atoms with Crippen molar-refractivity contribution in [3.8, 4) is 6.07 Å². The number of ether oxygens (including phenoxy) is 1. The molecule has 3 heteroatoms.